The van der Waals surface area contributed by atoms with Crippen molar-refractivity contribution in [2.24, 2.45) is 7.05 Å². The van der Waals surface area contributed by atoms with Crippen molar-refractivity contribution in [1.29, 1.82) is 0 Å². The second-order valence-corrected chi connectivity index (χ2v) is 6.63. The number of aryl methyl sites for hydroxylation is 1. The van der Waals surface area contributed by atoms with Crippen LogP contribution in [0.5, 0.6) is 0 Å². The monoisotopic (exact) mass is 374 g/mol. The van der Waals surface area contributed by atoms with Gasteiger partial charge in [-0.2, -0.15) is 0 Å². The van der Waals surface area contributed by atoms with E-state index in [1.165, 1.54) is 4.68 Å². The number of nitrogens with one attached hydrogen (secondary N) is 1. The smallest absolute Gasteiger partial charge is 0.279 e. The normalized spacial score (nSPS) is 11.1. The van der Waals surface area contributed by atoms with E-state index in [1.807, 2.05) is 43.3 Å². The first-order chi connectivity index (χ1) is 13.4. The molecule has 2 aromatic carbocycles. The molecule has 4 rings (SSSR count). The Balaban J connectivity index is 1.88. The number of rotatable bonds is 4. The van der Waals surface area contributed by atoms with E-state index in [2.05, 4.69) is 10.3 Å². The fraction of sp³-hybridized carbons (Fsp3) is 0.143. The van der Waals surface area contributed by atoms with E-state index in [-0.39, 0.29) is 22.4 Å². The molecule has 2 heterocycles. The maximum Gasteiger partial charge on any atom is 0.279 e. The first-order valence-corrected chi connectivity index (χ1v) is 8.78. The summed E-state index contributed by atoms with van der Waals surface area (Å²) < 4.78 is 3.16. The molecule has 0 spiro atoms. The first kappa shape index (κ1) is 17.7. The Morgan fingerprint density at radius 1 is 0.857 bits per heavy atom. The van der Waals surface area contributed by atoms with Crippen molar-refractivity contribution in [1.82, 2.24) is 14.3 Å². The SMILES string of the molecule is Cc1cccc(Nc2c(-c3c(C)n(C)n(-c4ccccc4)c3=O)c(=O)c2=O)n1. The van der Waals surface area contributed by atoms with Crippen LogP contribution in [0.25, 0.3) is 16.8 Å². The van der Waals surface area contributed by atoms with Crippen LogP contribution in [0.2, 0.25) is 0 Å². The minimum Gasteiger partial charge on any atom is -0.336 e. The van der Waals surface area contributed by atoms with Gasteiger partial charge < -0.3 is 5.32 Å². The number of hydrogen-bond acceptors (Lipinski definition) is 5. The lowest BCUT2D eigenvalue weighted by atomic mass is 9.99. The largest absolute Gasteiger partial charge is 0.336 e. The van der Waals surface area contributed by atoms with E-state index < -0.39 is 10.9 Å². The maximum absolute atomic E-state index is 13.2. The molecule has 7 heteroatoms. The van der Waals surface area contributed by atoms with Crippen LogP contribution in [0, 0.1) is 13.8 Å². The second kappa shape index (κ2) is 6.45. The van der Waals surface area contributed by atoms with Crippen LogP contribution >= 0.6 is 0 Å². The molecule has 0 saturated carbocycles. The molecule has 0 aliphatic rings. The predicted octanol–water partition coefficient (Wildman–Crippen LogP) is 2.19. The highest BCUT2D eigenvalue weighted by molar-refractivity contribution is 5.85. The Morgan fingerprint density at radius 2 is 1.57 bits per heavy atom. The van der Waals surface area contributed by atoms with Gasteiger partial charge in [0.1, 0.15) is 11.5 Å². The van der Waals surface area contributed by atoms with Crippen LogP contribution in [0.4, 0.5) is 11.5 Å². The molecular weight excluding hydrogens is 356 g/mol. The summed E-state index contributed by atoms with van der Waals surface area (Å²) in [6.07, 6.45) is 0. The van der Waals surface area contributed by atoms with Crippen molar-refractivity contribution in [3.05, 3.63) is 90.7 Å². The summed E-state index contributed by atoms with van der Waals surface area (Å²) >= 11 is 0. The number of para-hydroxylation sites is 1. The molecule has 0 bridgehead atoms. The number of hydrogen-bond donors (Lipinski definition) is 1. The number of aromatic nitrogens is 3. The van der Waals surface area contributed by atoms with Crippen LogP contribution in [0.3, 0.4) is 0 Å². The van der Waals surface area contributed by atoms with E-state index in [0.717, 1.165) is 5.69 Å². The highest BCUT2D eigenvalue weighted by Gasteiger charge is 2.29. The summed E-state index contributed by atoms with van der Waals surface area (Å²) in [5.41, 5.74) is 0.833. The molecule has 0 amide bonds. The quantitative estimate of drug-likeness (QED) is 0.554. The molecule has 0 atom stereocenters. The highest BCUT2D eigenvalue weighted by Crippen LogP contribution is 2.27. The third kappa shape index (κ3) is 2.60. The zero-order valence-electron chi connectivity index (χ0n) is 15.7. The molecule has 140 valence electrons. The topological polar surface area (TPSA) is 86.0 Å². The van der Waals surface area contributed by atoms with Gasteiger partial charge in [-0.05, 0) is 38.1 Å². The van der Waals surface area contributed by atoms with E-state index in [4.69, 9.17) is 0 Å². The lowest BCUT2D eigenvalue weighted by molar-refractivity contribution is 0.630. The summed E-state index contributed by atoms with van der Waals surface area (Å²) in [6, 6.07) is 14.5. The van der Waals surface area contributed by atoms with Crippen molar-refractivity contribution < 1.29 is 0 Å². The summed E-state index contributed by atoms with van der Waals surface area (Å²) in [5.74, 6) is 0.449. The molecule has 0 radical (unpaired) electrons. The van der Waals surface area contributed by atoms with Gasteiger partial charge in [0.2, 0.25) is 5.43 Å². The van der Waals surface area contributed by atoms with Gasteiger partial charge in [-0.15, -0.1) is 0 Å². The van der Waals surface area contributed by atoms with Crippen LogP contribution in [-0.2, 0) is 7.05 Å². The van der Waals surface area contributed by atoms with Crippen LogP contribution in [0.1, 0.15) is 11.4 Å². The lowest BCUT2D eigenvalue weighted by Gasteiger charge is -2.12. The molecule has 2 aromatic heterocycles. The van der Waals surface area contributed by atoms with Crippen molar-refractivity contribution in [3.8, 4) is 16.8 Å². The van der Waals surface area contributed by atoms with Crippen LogP contribution < -0.4 is 21.7 Å². The van der Waals surface area contributed by atoms with Gasteiger partial charge in [-0.3, -0.25) is 19.1 Å². The predicted molar refractivity (Wildman–Crippen MR) is 108 cm³/mol. The van der Waals surface area contributed by atoms with E-state index in [9.17, 15) is 14.4 Å². The minimum atomic E-state index is -0.666. The number of nitrogens with zero attached hydrogens (tertiary/aromatic N) is 3. The molecule has 4 aromatic rings. The fourth-order valence-corrected chi connectivity index (χ4v) is 3.35. The minimum absolute atomic E-state index is 0.106. The summed E-state index contributed by atoms with van der Waals surface area (Å²) in [6.45, 7) is 3.58. The van der Waals surface area contributed by atoms with Gasteiger partial charge in [0.05, 0.1) is 16.8 Å². The third-order valence-corrected chi connectivity index (χ3v) is 4.86. The van der Waals surface area contributed by atoms with Crippen LogP contribution in [-0.4, -0.2) is 14.3 Å². The number of pyridine rings is 1. The van der Waals surface area contributed by atoms with Gasteiger partial charge in [0, 0.05) is 18.4 Å². The summed E-state index contributed by atoms with van der Waals surface area (Å²) in [7, 11) is 1.74. The molecule has 0 fully saturated rings. The molecule has 1 N–H and O–H groups in total. The Kier molecular flexibility index (Phi) is 4.07. The molecule has 28 heavy (non-hydrogen) atoms. The third-order valence-electron chi connectivity index (χ3n) is 4.86. The summed E-state index contributed by atoms with van der Waals surface area (Å²) in [4.78, 5) is 42.0. The van der Waals surface area contributed by atoms with Gasteiger partial charge in [-0.1, -0.05) is 24.3 Å². The van der Waals surface area contributed by atoms with Crippen molar-refractivity contribution in [2.45, 2.75) is 13.8 Å². The zero-order chi connectivity index (χ0) is 20.0. The Labute approximate surface area is 160 Å². The van der Waals surface area contributed by atoms with Gasteiger partial charge in [0.25, 0.3) is 11.0 Å². The lowest BCUT2D eigenvalue weighted by Crippen LogP contribution is -2.37. The van der Waals surface area contributed by atoms with E-state index in [1.54, 1.807) is 30.8 Å². The van der Waals surface area contributed by atoms with Crippen molar-refractivity contribution >= 4 is 11.5 Å². The molecule has 0 aliphatic carbocycles. The summed E-state index contributed by atoms with van der Waals surface area (Å²) in [5, 5.41) is 2.91. The van der Waals surface area contributed by atoms with Gasteiger partial charge >= 0.3 is 0 Å². The van der Waals surface area contributed by atoms with E-state index in [0.29, 0.717) is 17.2 Å². The van der Waals surface area contributed by atoms with E-state index >= 15 is 0 Å². The van der Waals surface area contributed by atoms with Crippen molar-refractivity contribution in [2.75, 3.05) is 5.32 Å². The molecule has 0 unspecified atom stereocenters. The van der Waals surface area contributed by atoms with Gasteiger partial charge in [-0.25, -0.2) is 9.67 Å². The fourth-order valence-electron chi connectivity index (χ4n) is 3.35. The molecule has 7 nitrogen and oxygen atoms in total. The number of anilines is 2. The second-order valence-electron chi connectivity index (χ2n) is 6.63. The highest BCUT2D eigenvalue weighted by atomic mass is 16.2. The Hall–Kier alpha value is -3.74. The molecule has 0 aliphatic heterocycles. The number of benzene rings is 1. The average molecular weight is 374 g/mol. The van der Waals surface area contributed by atoms with Crippen LogP contribution in [0.15, 0.2) is 62.9 Å². The molecule has 0 saturated heterocycles. The maximum atomic E-state index is 13.2. The standard InChI is InChI=1S/C21H18N4O3/c1-12-8-7-11-15(22-12)23-18-17(19(26)20(18)27)16-13(2)24(3)25(21(16)28)14-9-5-4-6-10-14/h4-11H,1-3H3,(H,22,23). The zero-order valence-corrected chi connectivity index (χ0v) is 15.7. The molecular formula is C21H18N4O3. The Morgan fingerprint density at radius 3 is 2.25 bits per heavy atom. The van der Waals surface area contributed by atoms with Crippen molar-refractivity contribution in [3.63, 3.8) is 0 Å². The first-order valence-electron chi connectivity index (χ1n) is 8.78. The van der Waals surface area contributed by atoms with Gasteiger partial charge in [0.15, 0.2) is 0 Å². The average Bonchev–Trinajstić information content (AvgIpc) is 2.91. The Bertz CT molecular complexity index is 1320.